The third-order valence-corrected chi connectivity index (χ3v) is 7.98. The van der Waals surface area contributed by atoms with Crippen LogP contribution in [0.3, 0.4) is 0 Å². The van der Waals surface area contributed by atoms with E-state index >= 15 is 0 Å². The lowest BCUT2D eigenvalue weighted by atomic mass is 9.67. The predicted molar refractivity (Wildman–Crippen MR) is 134 cm³/mol. The zero-order valence-corrected chi connectivity index (χ0v) is 20.6. The topological polar surface area (TPSA) is 63.8 Å². The molecule has 1 atom stereocenters. The number of fused-ring (bicyclic) bond motifs is 3. The maximum atomic E-state index is 13.4. The number of aromatic nitrogens is 2. The normalized spacial score (nSPS) is 17.8. The van der Waals surface area contributed by atoms with Gasteiger partial charge in [-0.25, -0.2) is 9.97 Å². The molecule has 186 valence electrons. The van der Waals surface area contributed by atoms with Gasteiger partial charge < -0.3 is 11.1 Å². The van der Waals surface area contributed by atoms with E-state index in [-0.39, 0.29) is 5.69 Å². The van der Waals surface area contributed by atoms with Crippen molar-refractivity contribution in [2.24, 2.45) is 5.41 Å². The van der Waals surface area contributed by atoms with Gasteiger partial charge >= 0.3 is 6.18 Å². The average Bonchev–Trinajstić information content (AvgIpc) is 3.26. The summed E-state index contributed by atoms with van der Waals surface area (Å²) in [5.41, 5.74) is 11.2. The number of aryl methyl sites for hydroxylation is 3. The number of alkyl halides is 3. The van der Waals surface area contributed by atoms with E-state index in [1.54, 1.807) is 6.07 Å². The first-order valence-electron chi connectivity index (χ1n) is 12.6. The maximum Gasteiger partial charge on any atom is 0.416 e. The monoisotopic (exact) mass is 482 g/mol. The molecule has 5 rings (SSSR count). The molecule has 1 aromatic heterocycles. The standard InChI is InChI=1S/C28H33F3N4/c1-16(19-12-20(28(29,30)31)15-21(32)13-19)33-26-24-14-18(8-11-27(3)9-5-10-27)22-6-4-7-23(22)25(24)34-17(2)35-26/h12-16H,4-11,32H2,1-3H3,(H,33,34,35)/t16-/m1/s1. The maximum absolute atomic E-state index is 13.4. The lowest BCUT2D eigenvalue weighted by Crippen LogP contribution is -2.26. The molecule has 0 unspecified atom stereocenters. The highest BCUT2D eigenvalue weighted by molar-refractivity contribution is 5.93. The number of rotatable bonds is 6. The molecule has 1 fully saturated rings. The van der Waals surface area contributed by atoms with Crippen LogP contribution in [0.5, 0.6) is 0 Å². The van der Waals surface area contributed by atoms with Gasteiger partial charge in [-0.05, 0) is 111 Å². The molecule has 0 bridgehead atoms. The van der Waals surface area contributed by atoms with E-state index in [9.17, 15) is 13.2 Å². The van der Waals surface area contributed by atoms with Crippen molar-refractivity contribution in [2.45, 2.75) is 84.4 Å². The molecule has 0 aliphatic heterocycles. The Labute approximate surface area is 204 Å². The Hall–Kier alpha value is -2.83. The minimum absolute atomic E-state index is 0.0943. The Bertz CT molecular complexity index is 1280. The lowest BCUT2D eigenvalue weighted by Gasteiger charge is -2.38. The molecule has 4 nitrogen and oxygen atoms in total. The van der Waals surface area contributed by atoms with Gasteiger partial charge in [-0.15, -0.1) is 0 Å². The molecule has 1 saturated carbocycles. The summed E-state index contributed by atoms with van der Waals surface area (Å²) in [6.45, 7) is 6.09. The fourth-order valence-corrected chi connectivity index (χ4v) is 5.75. The number of anilines is 2. The van der Waals surface area contributed by atoms with Crippen LogP contribution in [0.2, 0.25) is 0 Å². The van der Waals surface area contributed by atoms with Crippen LogP contribution in [0.25, 0.3) is 10.9 Å². The molecule has 0 spiro atoms. The Balaban J connectivity index is 1.53. The average molecular weight is 483 g/mol. The summed E-state index contributed by atoms with van der Waals surface area (Å²) in [4.78, 5) is 9.49. The second-order valence-corrected chi connectivity index (χ2v) is 10.8. The number of hydrogen-bond donors (Lipinski definition) is 2. The minimum Gasteiger partial charge on any atom is -0.399 e. The van der Waals surface area contributed by atoms with E-state index in [1.165, 1.54) is 42.4 Å². The number of hydrogen-bond acceptors (Lipinski definition) is 4. The van der Waals surface area contributed by atoms with Crippen LogP contribution in [0.15, 0.2) is 24.3 Å². The minimum atomic E-state index is -4.45. The van der Waals surface area contributed by atoms with Gasteiger partial charge in [0.25, 0.3) is 0 Å². The van der Waals surface area contributed by atoms with Crippen LogP contribution < -0.4 is 11.1 Å². The molecular formula is C28H33F3N4. The number of nitrogen functional groups attached to an aromatic ring is 1. The van der Waals surface area contributed by atoms with Crippen LogP contribution in [-0.4, -0.2) is 9.97 Å². The summed E-state index contributed by atoms with van der Waals surface area (Å²) in [7, 11) is 0. The summed E-state index contributed by atoms with van der Waals surface area (Å²) in [5.74, 6) is 1.32. The van der Waals surface area contributed by atoms with E-state index < -0.39 is 17.8 Å². The van der Waals surface area contributed by atoms with Gasteiger partial charge in [-0.2, -0.15) is 13.2 Å². The molecule has 3 aromatic rings. The quantitative estimate of drug-likeness (QED) is 0.361. The van der Waals surface area contributed by atoms with Gasteiger partial charge in [-0.3, -0.25) is 0 Å². The summed E-state index contributed by atoms with van der Waals surface area (Å²) in [5, 5.41) is 4.34. The molecular weight excluding hydrogens is 449 g/mol. The fourth-order valence-electron chi connectivity index (χ4n) is 5.75. The van der Waals surface area contributed by atoms with Crippen molar-refractivity contribution in [1.29, 1.82) is 0 Å². The fraction of sp³-hybridized carbons (Fsp3) is 0.500. The van der Waals surface area contributed by atoms with Crippen LogP contribution in [0.4, 0.5) is 24.7 Å². The Kier molecular flexibility index (Phi) is 5.93. The highest BCUT2D eigenvalue weighted by Gasteiger charge is 2.33. The Morgan fingerprint density at radius 2 is 1.80 bits per heavy atom. The van der Waals surface area contributed by atoms with Gasteiger partial charge in [-0.1, -0.05) is 13.3 Å². The lowest BCUT2D eigenvalue weighted by molar-refractivity contribution is -0.137. The predicted octanol–water partition coefficient (Wildman–Crippen LogP) is 7.32. The van der Waals surface area contributed by atoms with Crippen molar-refractivity contribution in [2.75, 3.05) is 11.1 Å². The van der Waals surface area contributed by atoms with Gasteiger partial charge in [0.05, 0.1) is 17.1 Å². The number of nitrogens with two attached hydrogens (primary N) is 1. The third-order valence-electron chi connectivity index (χ3n) is 7.98. The molecule has 3 N–H and O–H groups in total. The van der Waals surface area contributed by atoms with E-state index in [1.807, 2.05) is 13.8 Å². The number of nitrogens with one attached hydrogen (secondary N) is 1. The molecule has 0 amide bonds. The molecule has 0 radical (unpaired) electrons. The first kappa shape index (κ1) is 23.9. The van der Waals surface area contributed by atoms with Crippen molar-refractivity contribution in [3.05, 3.63) is 57.9 Å². The van der Waals surface area contributed by atoms with E-state index in [0.717, 1.165) is 48.7 Å². The molecule has 2 aromatic carbocycles. The molecule has 2 aliphatic carbocycles. The summed E-state index contributed by atoms with van der Waals surface area (Å²) in [6, 6.07) is 5.54. The van der Waals surface area contributed by atoms with Crippen LogP contribution >= 0.6 is 0 Å². The Morgan fingerprint density at radius 1 is 1.06 bits per heavy atom. The van der Waals surface area contributed by atoms with Crippen molar-refractivity contribution < 1.29 is 13.2 Å². The zero-order valence-electron chi connectivity index (χ0n) is 20.6. The molecule has 1 heterocycles. The van der Waals surface area contributed by atoms with Crippen molar-refractivity contribution in [3.8, 4) is 0 Å². The number of nitrogens with zero attached hydrogens (tertiary/aromatic N) is 2. The molecule has 7 heteroatoms. The van der Waals surface area contributed by atoms with Crippen molar-refractivity contribution in [3.63, 3.8) is 0 Å². The van der Waals surface area contributed by atoms with Gasteiger partial charge in [0.15, 0.2) is 0 Å². The number of halogens is 3. The van der Waals surface area contributed by atoms with Gasteiger partial charge in [0.2, 0.25) is 0 Å². The van der Waals surface area contributed by atoms with Crippen LogP contribution in [0, 0.1) is 12.3 Å². The van der Waals surface area contributed by atoms with Crippen LogP contribution in [0.1, 0.15) is 85.6 Å². The smallest absolute Gasteiger partial charge is 0.399 e. The van der Waals surface area contributed by atoms with Gasteiger partial charge in [0, 0.05) is 11.1 Å². The highest BCUT2D eigenvalue weighted by Crippen LogP contribution is 2.45. The summed E-state index contributed by atoms with van der Waals surface area (Å²) >= 11 is 0. The van der Waals surface area contributed by atoms with Crippen LogP contribution in [-0.2, 0) is 25.4 Å². The SMILES string of the molecule is Cc1nc(N[C@H](C)c2cc(N)cc(C(F)(F)F)c2)c2cc(CCC3(C)CCC3)c3c(c2n1)CCC3. The summed E-state index contributed by atoms with van der Waals surface area (Å²) < 4.78 is 40.1. The van der Waals surface area contributed by atoms with Crippen molar-refractivity contribution in [1.82, 2.24) is 9.97 Å². The molecule has 35 heavy (non-hydrogen) atoms. The van der Waals surface area contributed by atoms with E-state index in [4.69, 9.17) is 10.7 Å². The number of benzene rings is 2. The zero-order chi connectivity index (χ0) is 25.0. The molecule has 0 saturated heterocycles. The largest absolute Gasteiger partial charge is 0.416 e. The van der Waals surface area contributed by atoms with E-state index in [0.29, 0.717) is 22.6 Å². The second-order valence-electron chi connectivity index (χ2n) is 10.8. The summed E-state index contributed by atoms with van der Waals surface area (Å²) in [6.07, 6.45) is 4.92. The Morgan fingerprint density at radius 3 is 2.49 bits per heavy atom. The van der Waals surface area contributed by atoms with Crippen molar-refractivity contribution >= 4 is 22.4 Å². The third kappa shape index (κ3) is 4.69. The first-order chi connectivity index (χ1) is 16.5. The second kappa shape index (κ2) is 8.68. The first-order valence-corrected chi connectivity index (χ1v) is 12.6. The highest BCUT2D eigenvalue weighted by atomic mass is 19.4. The van der Waals surface area contributed by atoms with Gasteiger partial charge in [0.1, 0.15) is 11.6 Å². The van der Waals surface area contributed by atoms with E-state index in [2.05, 4.69) is 23.3 Å². The molecule has 2 aliphatic rings.